The number of fused-ring (bicyclic) bond motifs is 2. The minimum atomic E-state index is -1.04. The molecule has 6 nitrogen and oxygen atoms in total. The molecule has 3 amide bonds. The summed E-state index contributed by atoms with van der Waals surface area (Å²) in [5, 5.41) is 5.62. The van der Waals surface area contributed by atoms with E-state index in [0.29, 0.717) is 11.4 Å². The Hall–Kier alpha value is -3.93. The molecular weight excluding hydrogens is 400 g/mol. The maximum atomic E-state index is 13.2. The van der Waals surface area contributed by atoms with Gasteiger partial charge in [-0.1, -0.05) is 54.6 Å². The molecular formula is C26H24N4O2. The maximum Gasteiger partial charge on any atom is 0.321 e. The molecule has 0 bridgehead atoms. The van der Waals surface area contributed by atoms with E-state index in [-0.39, 0.29) is 5.91 Å². The zero-order valence-electron chi connectivity index (χ0n) is 17.8. The lowest BCUT2D eigenvalue weighted by molar-refractivity contribution is -0.119. The van der Waals surface area contributed by atoms with Gasteiger partial charge in [0.1, 0.15) is 0 Å². The first-order chi connectivity index (χ1) is 15.6. The van der Waals surface area contributed by atoms with Crippen molar-refractivity contribution in [3.63, 3.8) is 0 Å². The standard InChI is InChI=1S/C26H24N4O2/c1-30-22-13-6-5-12-21(22)23(18-8-3-2-4-9-18)28-24(25(30)31)29-26(32)27-20-15-14-17-10-7-11-19(17)16-20/h2-6,8-9,12-16,24H,7,10-11H2,1H3,(H2,27,29,32)/t24-/m0/s1. The number of carbonyl (C=O) groups excluding carboxylic acids is 2. The van der Waals surface area contributed by atoms with Crippen molar-refractivity contribution in [3.05, 3.63) is 95.1 Å². The Bertz CT molecular complexity index is 1220. The second-order valence-electron chi connectivity index (χ2n) is 8.10. The van der Waals surface area contributed by atoms with Crippen LogP contribution in [0.15, 0.2) is 77.8 Å². The zero-order chi connectivity index (χ0) is 22.1. The minimum Gasteiger partial charge on any atom is -0.311 e. The van der Waals surface area contributed by atoms with E-state index in [4.69, 9.17) is 4.99 Å². The van der Waals surface area contributed by atoms with Gasteiger partial charge in [0, 0.05) is 23.9 Å². The molecule has 0 aromatic heterocycles. The van der Waals surface area contributed by atoms with Crippen LogP contribution < -0.4 is 15.5 Å². The molecule has 0 saturated heterocycles. The Labute approximate surface area is 187 Å². The van der Waals surface area contributed by atoms with Crippen molar-refractivity contribution in [2.45, 2.75) is 25.4 Å². The quantitative estimate of drug-likeness (QED) is 0.663. The van der Waals surface area contributed by atoms with E-state index >= 15 is 0 Å². The van der Waals surface area contributed by atoms with Crippen LogP contribution in [0.25, 0.3) is 0 Å². The van der Waals surface area contributed by atoms with E-state index in [0.717, 1.165) is 36.1 Å². The van der Waals surface area contributed by atoms with Gasteiger partial charge in [0.25, 0.3) is 5.91 Å². The number of amides is 3. The Morgan fingerprint density at radius 1 is 0.969 bits per heavy atom. The third kappa shape index (κ3) is 3.75. The van der Waals surface area contributed by atoms with Crippen molar-refractivity contribution in [1.82, 2.24) is 5.32 Å². The van der Waals surface area contributed by atoms with E-state index < -0.39 is 12.2 Å². The summed E-state index contributed by atoms with van der Waals surface area (Å²) in [6.07, 6.45) is 2.21. The van der Waals surface area contributed by atoms with Crippen LogP contribution in [0.5, 0.6) is 0 Å². The lowest BCUT2D eigenvalue weighted by Crippen LogP contribution is -2.47. The molecule has 0 unspecified atom stereocenters. The van der Waals surface area contributed by atoms with Crippen molar-refractivity contribution >= 4 is 29.0 Å². The average molecular weight is 425 g/mol. The lowest BCUT2D eigenvalue weighted by atomic mass is 10.0. The van der Waals surface area contributed by atoms with Crippen LogP contribution in [0.3, 0.4) is 0 Å². The fourth-order valence-corrected chi connectivity index (χ4v) is 4.38. The van der Waals surface area contributed by atoms with Crippen LogP contribution in [0, 0.1) is 0 Å². The number of benzodiazepines with no additional fused rings is 1. The van der Waals surface area contributed by atoms with Gasteiger partial charge in [0.05, 0.1) is 11.4 Å². The van der Waals surface area contributed by atoms with Crippen LogP contribution in [-0.2, 0) is 17.6 Å². The first-order valence-corrected chi connectivity index (χ1v) is 10.8. The van der Waals surface area contributed by atoms with Crippen LogP contribution in [0.4, 0.5) is 16.2 Å². The number of para-hydroxylation sites is 1. The maximum absolute atomic E-state index is 13.2. The molecule has 2 aliphatic rings. The number of anilines is 2. The van der Waals surface area contributed by atoms with Gasteiger partial charge in [-0.15, -0.1) is 0 Å². The van der Waals surface area contributed by atoms with Gasteiger partial charge in [-0.05, 0) is 48.6 Å². The van der Waals surface area contributed by atoms with Crippen LogP contribution in [-0.4, -0.2) is 30.9 Å². The van der Waals surface area contributed by atoms with Crippen molar-refractivity contribution in [2.75, 3.05) is 17.3 Å². The summed E-state index contributed by atoms with van der Waals surface area (Å²) in [6, 6.07) is 22.8. The van der Waals surface area contributed by atoms with Gasteiger partial charge in [0.2, 0.25) is 6.17 Å². The van der Waals surface area contributed by atoms with Crippen LogP contribution >= 0.6 is 0 Å². The normalized spacial score (nSPS) is 17.2. The second-order valence-corrected chi connectivity index (χ2v) is 8.10. The fourth-order valence-electron chi connectivity index (χ4n) is 4.38. The molecule has 32 heavy (non-hydrogen) atoms. The average Bonchev–Trinajstić information content (AvgIpc) is 3.26. The molecule has 160 valence electrons. The summed E-state index contributed by atoms with van der Waals surface area (Å²) in [4.78, 5) is 32.3. The summed E-state index contributed by atoms with van der Waals surface area (Å²) in [5.74, 6) is -0.299. The molecule has 1 heterocycles. The highest BCUT2D eigenvalue weighted by Gasteiger charge is 2.31. The Balaban J connectivity index is 1.45. The Morgan fingerprint density at radius 3 is 2.56 bits per heavy atom. The molecule has 5 rings (SSSR count). The summed E-state index contributed by atoms with van der Waals surface area (Å²) < 4.78 is 0. The number of urea groups is 1. The smallest absolute Gasteiger partial charge is 0.311 e. The molecule has 0 spiro atoms. The highest BCUT2D eigenvalue weighted by molar-refractivity contribution is 6.20. The molecule has 3 aromatic carbocycles. The van der Waals surface area contributed by atoms with E-state index in [1.165, 1.54) is 11.1 Å². The summed E-state index contributed by atoms with van der Waals surface area (Å²) in [5.41, 5.74) is 6.48. The van der Waals surface area contributed by atoms with E-state index in [9.17, 15) is 9.59 Å². The number of hydrogen-bond acceptors (Lipinski definition) is 3. The van der Waals surface area contributed by atoms with Gasteiger partial charge in [-0.25, -0.2) is 9.79 Å². The van der Waals surface area contributed by atoms with Gasteiger partial charge in [0.15, 0.2) is 0 Å². The minimum absolute atomic E-state index is 0.299. The van der Waals surface area contributed by atoms with Gasteiger partial charge >= 0.3 is 6.03 Å². The lowest BCUT2D eigenvalue weighted by Gasteiger charge is -2.21. The van der Waals surface area contributed by atoms with Gasteiger partial charge in [-0.3, -0.25) is 4.79 Å². The number of hydrogen-bond donors (Lipinski definition) is 2. The summed E-state index contributed by atoms with van der Waals surface area (Å²) in [7, 11) is 1.71. The number of nitrogens with one attached hydrogen (secondary N) is 2. The summed E-state index contributed by atoms with van der Waals surface area (Å²) in [6.45, 7) is 0. The number of likely N-dealkylation sites (N-methyl/N-ethyl adjacent to an activating group) is 1. The molecule has 0 saturated carbocycles. The van der Waals surface area contributed by atoms with E-state index in [1.807, 2.05) is 66.7 Å². The number of aliphatic imine (C=N–C) groups is 1. The largest absolute Gasteiger partial charge is 0.321 e. The second kappa shape index (κ2) is 8.30. The highest BCUT2D eigenvalue weighted by Crippen LogP contribution is 2.27. The first-order valence-electron chi connectivity index (χ1n) is 10.8. The number of aryl methyl sites for hydroxylation is 2. The molecule has 0 radical (unpaired) electrons. The molecule has 2 N–H and O–H groups in total. The third-order valence-corrected chi connectivity index (χ3v) is 6.01. The molecule has 1 aliphatic heterocycles. The third-order valence-electron chi connectivity index (χ3n) is 6.01. The summed E-state index contributed by atoms with van der Waals surface area (Å²) >= 11 is 0. The van der Waals surface area contributed by atoms with Crippen LogP contribution in [0.2, 0.25) is 0 Å². The molecule has 6 heteroatoms. The molecule has 0 fully saturated rings. The van der Waals surface area contributed by atoms with Crippen molar-refractivity contribution in [1.29, 1.82) is 0 Å². The van der Waals surface area contributed by atoms with Crippen LogP contribution in [0.1, 0.15) is 28.7 Å². The first kappa shape index (κ1) is 20.0. The Kier molecular flexibility index (Phi) is 5.19. The number of carbonyl (C=O) groups is 2. The molecule has 3 aromatic rings. The number of benzene rings is 3. The van der Waals surface area contributed by atoms with Gasteiger partial charge < -0.3 is 15.5 Å². The topological polar surface area (TPSA) is 73.8 Å². The SMILES string of the molecule is CN1C(=O)[C@H](NC(=O)Nc2ccc3c(c2)CCC3)N=C(c2ccccc2)c2ccccc21. The predicted molar refractivity (Wildman–Crippen MR) is 126 cm³/mol. The Morgan fingerprint density at radius 2 is 1.72 bits per heavy atom. The van der Waals surface area contributed by atoms with E-state index in [2.05, 4.69) is 16.7 Å². The van der Waals surface area contributed by atoms with Gasteiger partial charge in [-0.2, -0.15) is 0 Å². The zero-order valence-corrected chi connectivity index (χ0v) is 17.8. The van der Waals surface area contributed by atoms with Crippen molar-refractivity contribution < 1.29 is 9.59 Å². The highest BCUT2D eigenvalue weighted by atomic mass is 16.2. The van der Waals surface area contributed by atoms with Crippen molar-refractivity contribution in [3.8, 4) is 0 Å². The van der Waals surface area contributed by atoms with E-state index in [1.54, 1.807) is 11.9 Å². The van der Waals surface area contributed by atoms with Crippen molar-refractivity contribution in [2.24, 2.45) is 4.99 Å². The molecule has 1 aliphatic carbocycles. The monoisotopic (exact) mass is 424 g/mol. The fraction of sp³-hybridized carbons (Fsp3) is 0.192. The number of nitrogens with zero attached hydrogens (tertiary/aromatic N) is 2. The number of rotatable bonds is 3. The molecule has 1 atom stereocenters. The predicted octanol–water partition coefficient (Wildman–Crippen LogP) is 4.14.